The van der Waals surface area contributed by atoms with Crippen molar-refractivity contribution in [2.24, 2.45) is 4.99 Å². The van der Waals surface area contributed by atoms with Crippen LogP contribution in [-0.4, -0.2) is 0 Å². The number of benzene rings is 1. The molecule has 2 nitrogen and oxygen atoms in total. The second kappa shape index (κ2) is 4.26. The molecule has 0 unspecified atom stereocenters. The molecule has 0 radical (unpaired) electrons. The highest BCUT2D eigenvalue weighted by Crippen LogP contribution is 2.23. The number of fused-ring (bicyclic) bond motifs is 1. The molecule has 0 aliphatic heterocycles. The third kappa shape index (κ3) is 1.95. The fourth-order valence-electron chi connectivity index (χ4n) is 1.95. The highest BCUT2D eigenvalue weighted by molar-refractivity contribution is 7.09. The summed E-state index contributed by atoms with van der Waals surface area (Å²) in [7, 11) is 0. The predicted molar refractivity (Wildman–Crippen MR) is 64.9 cm³/mol. The van der Waals surface area contributed by atoms with Crippen LogP contribution >= 0.6 is 11.3 Å². The molecule has 1 aromatic heterocycles. The lowest BCUT2D eigenvalue weighted by Crippen LogP contribution is -1.96. The van der Waals surface area contributed by atoms with Crippen LogP contribution in [0.15, 0.2) is 39.7 Å². The average Bonchev–Trinajstić information content (AvgIpc) is 2.72. The molecule has 3 heteroatoms. The number of hydrogen-bond acceptors (Lipinski definition) is 3. The van der Waals surface area contributed by atoms with Gasteiger partial charge in [-0.05, 0) is 31.4 Å². The fraction of sp³-hybridized carbons (Fsp3) is 0.308. The Labute approximate surface area is 98.3 Å². The van der Waals surface area contributed by atoms with E-state index in [9.17, 15) is 0 Å². The third-order valence-corrected chi connectivity index (χ3v) is 3.79. The summed E-state index contributed by atoms with van der Waals surface area (Å²) in [6.07, 6.45) is 4.77. The predicted octanol–water partition coefficient (Wildman–Crippen LogP) is 3.45. The molecule has 0 bridgehead atoms. The van der Waals surface area contributed by atoms with Crippen molar-refractivity contribution in [3.05, 3.63) is 45.8 Å². The molecule has 2 aromatic rings. The minimum absolute atomic E-state index is 0.790. The van der Waals surface area contributed by atoms with Gasteiger partial charge in [-0.1, -0.05) is 29.5 Å². The van der Waals surface area contributed by atoms with Crippen LogP contribution in [0.1, 0.15) is 23.5 Å². The number of rotatable bonds is 1. The Kier molecular flexibility index (Phi) is 2.62. The van der Waals surface area contributed by atoms with Gasteiger partial charge >= 0.3 is 0 Å². The van der Waals surface area contributed by atoms with E-state index in [1.807, 2.05) is 30.3 Å². The van der Waals surface area contributed by atoms with Crippen LogP contribution < -0.4 is 4.87 Å². The lowest BCUT2D eigenvalue weighted by molar-refractivity contribution is 0.447. The summed E-state index contributed by atoms with van der Waals surface area (Å²) in [5, 5.41) is 0. The quantitative estimate of drug-likeness (QED) is 0.738. The largest absolute Gasteiger partial charge is 0.434 e. The lowest BCUT2D eigenvalue weighted by atomic mass is 10.0. The van der Waals surface area contributed by atoms with Crippen molar-refractivity contribution in [1.29, 1.82) is 0 Å². The van der Waals surface area contributed by atoms with E-state index in [4.69, 9.17) is 4.42 Å². The number of para-hydroxylation sites is 1. The molecule has 1 aromatic carbocycles. The van der Waals surface area contributed by atoms with Gasteiger partial charge in [0.25, 0.3) is 4.87 Å². The van der Waals surface area contributed by atoms with Crippen molar-refractivity contribution in [1.82, 2.24) is 0 Å². The van der Waals surface area contributed by atoms with Crippen LogP contribution in [0.5, 0.6) is 0 Å². The highest BCUT2D eigenvalue weighted by Gasteiger charge is 2.13. The van der Waals surface area contributed by atoms with E-state index in [-0.39, 0.29) is 0 Å². The first-order valence-corrected chi connectivity index (χ1v) is 6.45. The van der Waals surface area contributed by atoms with Crippen LogP contribution in [0, 0.1) is 0 Å². The van der Waals surface area contributed by atoms with Crippen LogP contribution in [0.2, 0.25) is 0 Å². The van der Waals surface area contributed by atoms with Gasteiger partial charge in [-0.2, -0.15) is 0 Å². The lowest BCUT2D eigenvalue weighted by Gasteiger charge is -2.05. The molecule has 0 N–H and O–H groups in total. The van der Waals surface area contributed by atoms with Gasteiger partial charge in [0, 0.05) is 11.3 Å². The molecule has 0 atom stereocenters. The van der Waals surface area contributed by atoms with Crippen molar-refractivity contribution in [2.75, 3.05) is 0 Å². The van der Waals surface area contributed by atoms with Gasteiger partial charge in [-0.3, -0.25) is 0 Å². The first-order valence-electron chi connectivity index (χ1n) is 5.63. The van der Waals surface area contributed by atoms with Crippen molar-refractivity contribution < 1.29 is 4.42 Å². The smallest absolute Gasteiger partial charge is 0.279 e. The summed E-state index contributed by atoms with van der Waals surface area (Å²) in [6.45, 7) is 0. The Morgan fingerprint density at radius 1 is 1.06 bits per heavy atom. The van der Waals surface area contributed by atoms with E-state index < -0.39 is 0 Å². The third-order valence-electron chi connectivity index (χ3n) is 2.77. The fourth-order valence-corrected chi connectivity index (χ4v) is 2.96. The molecule has 3 rings (SSSR count). The SMILES string of the molecule is c1ccc(N=c2oc3c(s2)CCCC3)cc1. The average molecular weight is 231 g/mol. The van der Waals surface area contributed by atoms with E-state index in [0.29, 0.717) is 0 Å². The van der Waals surface area contributed by atoms with Gasteiger partial charge in [-0.15, -0.1) is 0 Å². The Hall–Kier alpha value is -1.35. The molecule has 1 aliphatic carbocycles. The summed E-state index contributed by atoms with van der Waals surface area (Å²) in [6, 6.07) is 9.97. The van der Waals surface area contributed by atoms with Crippen molar-refractivity contribution >= 4 is 17.0 Å². The van der Waals surface area contributed by atoms with E-state index >= 15 is 0 Å². The van der Waals surface area contributed by atoms with Gasteiger partial charge in [0.2, 0.25) is 0 Å². The normalized spacial score (nSPS) is 16.1. The Morgan fingerprint density at radius 3 is 2.69 bits per heavy atom. The molecule has 16 heavy (non-hydrogen) atoms. The molecular weight excluding hydrogens is 218 g/mol. The van der Waals surface area contributed by atoms with Crippen molar-refractivity contribution in [2.45, 2.75) is 25.7 Å². The molecular formula is C13H13NOS. The number of aryl methyl sites for hydroxylation is 2. The maximum atomic E-state index is 5.76. The summed E-state index contributed by atoms with van der Waals surface area (Å²) in [5.41, 5.74) is 0.963. The zero-order valence-corrected chi connectivity index (χ0v) is 9.80. The second-order valence-electron chi connectivity index (χ2n) is 3.97. The van der Waals surface area contributed by atoms with Gasteiger partial charge in [0.15, 0.2) is 0 Å². The highest BCUT2D eigenvalue weighted by atomic mass is 32.1. The van der Waals surface area contributed by atoms with E-state index in [1.54, 1.807) is 11.3 Å². The number of hydrogen-bond donors (Lipinski definition) is 0. The minimum Gasteiger partial charge on any atom is -0.434 e. The number of nitrogens with zero attached hydrogens (tertiary/aromatic N) is 1. The minimum atomic E-state index is 0.790. The molecule has 1 aliphatic rings. The van der Waals surface area contributed by atoms with Crippen LogP contribution in [-0.2, 0) is 12.8 Å². The van der Waals surface area contributed by atoms with Crippen molar-refractivity contribution in [3.8, 4) is 0 Å². The van der Waals surface area contributed by atoms with E-state index in [2.05, 4.69) is 4.99 Å². The zero-order valence-electron chi connectivity index (χ0n) is 8.98. The Bertz CT molecular complexity index is 512. The van der Waals surface area contributed by atoms with Gasteiger partial charge in [0.1, 0.15) is 5.76 Å². The Balaban J connectivity index is 2.01. The summed E-state index contributed by atoms with van der Waals surface area (Å²) in [5.74, 6) is 1.16. The maximum Gasteiger partial charge on any atom is 0.279 e. The monoisotopic (exact) mass is 231 g/mol. The van der Waals surface area contributed by atoms with E-state index in [0.717, 1.165) is 29.2 Å². The van der Waals surface area contributed by atoms with Gasteiger partial charge in [0.05, 0.1) is 5.69 Å². The molecule has 0 saturated carbocycles. The van der Waals surface area contributed by atoms with Crippen LogP contribution in [0.4, 0.5) is 5.69 Å². The first kappa shape index (κ1) is 9.85. The van der Waals surface area contributed by atoms with Crippen LogP contribution in [0.3, 0.4) is 0 Å². The molecule has 0 spiro atoms. The molecule has 82 valence electrons. The molecule has 1 heterocycles. The topological polar surface area (TPSA) is 25.5 Å². The molecule has 0 saturated heterocycles. The molecule has 0 amide bonds. The molecule has 0 fully saturated rings. The van der Waals surface area contributed by atoms with Gasteiger partial charge < -0.3 is 4.42 Å². The van der Waals surface area contributed by atoms with Gasteiger partial charge in [-0.25, -0.2) is 4.99 Å². The second-order valence-corrected chi connectivity index (χ2v) is 5.02. The first-order chi connectivity index (χ1) is 7.92. The Morgan fingerprint density at radius 2 is 1.88 bits per heavy atom. The van der Waals surface area contributed by atoms with E-state index in [1.165, 1.54) is 17.7 Å². The van der Waals surface area contributed by atoms with Crippen molar-refractivity contribution in [3.63, 3.8) is 0 Å². The summed E-state index contributed by atoms with van der Waals surface area (Å²) in [4.78, 5) is 6.68. The van der Waals surface area contributed by atoms with Crippen LogP contribution in [0.25, 0.3) is 0 Å². The standard InChI is InChI=1S/C13H13NOS/c1-2-6-10(7-3-1)14-13-15-11-8-4-5-9-12(11)16-13/h1-3,6-7H,4-5,8-9H2. The maximum absolute atomic E-state index is 5.76. The summed E-state index contributed by atoms with van der Waals surface area (Å²) >= 11 is 1.70. The summed E-state index contributed by atoms with van der Waals surface area (Å²) < 4.78 is 5.76. The zero-order chi connectivity index (χ0) is 10.8.